The second-order valence-electron chi connectivity index (χ2n) is 8.84. The summed E-state index contributed by atoms with van der Waals surface area (Å²) in [7, 11) is -2.32. The molecule has 4 N–H and O–H groups in total. The number of anilines is 2. The van der Waals surface area contributed by atoms with Crippen LogP contribution in [0.1, 0.15) is 31.9 Å². The summed E-state index contributed by atoms with van der Waals surface area (Å²) in [5, 5.41) is 35.8. The number of hydrogen-bond acceptors (Lipinski definition) is 8. The first kappa shape index (κ1) is 23.9. The maximum Gasteiger partial charge on any atom is 0.296 e. The van der Waals surface area contributed by atoms with Crippen LogP contribution in [0.3, 0.4) is 0 Å². The van der Waals surface area contributed by atoms with E-state index in [4.69, 9.17) is 10.2 Å². The smallest absolute Gasteiger partial charge is 0.296 e. The Hall–Kier alpha value is -3.34. The van der Waals surface area contributed by atoms with Crippen molar-refractivity contribution in [1.29, 1.82) is 0 Å². The first-order valence-corrected chi connectivity index (χ1v) is 12.5. The summed E-state index contributed by atoms with van der Waals surface area (Å²) in [6.07, 6.45) is 0. The molecule has 31 heavy (non-hydrogen) atoms. The van der Waals surface area contributed by atoms with Gasteiger partial charge in [0.1, 0.15) is 5.75 Å². The van der Waals surface area contributed by atoms with Crippen LogP contribution in [0.2, 0.25) is 18.1 Å². The molecule has 0 aliphatic heterocycles. The van der Waals surface area contributed by atoms with Gasteiger partial charge in [0.15, 0.2) is 17.1 Å². The molecule has 2 aromatic rings. The fourth-order valence-corrected chi connectivity index (χ4v) is 3.75. The van der Waals surface area contributed by atoms with Crippen molar-refractivity contribution < 1.29 is 19.4 Å². The van der Waals surface area contributed by atoms with Gasteiger partial charge >= 0.3 is 0 Å². The van der Waals surface area contributed by atoms with E-state index in [2.05, 4.69) is 26.1 Å². The summed E-state index contributed by atoms with van der Waals surface area (Å²) in [6.45, 7) is 12.0. The Labute approximate surface area is 181 Å². The Kier molecular flexibility index (Phi) is 6.50. The molecule has 0 aromatic heterocycles. The van der Waals surface area contributed by atoms with Gasteiger partial charge in [-0.1, -0.05) is 20.8 Å². The second kappa shape index (κ2) is 8.42. The average Bonchev–Trinajstić information content (AvgIpc) is 2.63. The quantitative estimate of drug-likeness (QED) is 0.174. The van der Waals surface area contributed by atoms with Crippen molar-refractivity contribution in [3.8, 4) is 11.5 Å². The lowest BCUT2D eigenvalue weighted by atomic mass is 10.1. The molecule has 0 aliphatic rings. The van der Waals surface area contributed by atoms with Crippen LogP contribution in [0, 0.1) is 27.2 Å². The zero-order valence-electron chi connectivity index (χ0n) is 18.5. The summed E-state index contributed by atoms with van der Waals surface area (Å²) in [4.78, 5) is 21.5. The molecule has 10 nitrogen and oxygen atoms in total. The molecule has 0 spiro atoms. The molecule has 2 rings (SSSR count). The van der Waals surface area contributed by atoms with Gasteiger partial charge in [0.2, 0.25) is 0 Å². The van der Waals surface area contributed by atoms with Crippen LogP contribution >= 0.6 is 0 Å². The van der Waals surface area contributed by atoms with E-state index in [-0.39, 0.29) is 34.2 Å². The molecule has 0 amide bonds. The molecule has 11 heteroatoms. The second-order valence-corrected chi connectivity index (χ2v) is 13.6. The van der Waals surface area contributed by atoms with Gasteiger partial charge in [-0.2, -0.15) is 0 Å². The number of hydrogen-bond donors (Lipinski definition) is 3. The molecule has 0 aliphatic carbocycles. The maximum atomic E-state index is 11.7. The van der Waals surface area contributed by atoms with E-state index in [1.54, 1.807) is 13.0 Å². The van der Waals surface area contributed by atoms with Crippen LogP contribution < -0.4 is 15.5 Å². The Morgan fingerprint density at radius 2 is 1.65 bits per heavy atom. The number of benzene rings is 2. The number of nitrogen functional groups attached to an aromatic ring is 1. The van der Waals surface area contributed by atoms with Crippen molar-refractivity contribution in [2.45, 2.75) is 52.4 Å². The third-order valence-electron chi connectivity index (χ3n) is 5.62. The van der Waals surface area contributed by atoms with Gasteiger partial charge in [-0.3, -0.25) is 20.2 Å². The molecule has 0 atom stereocenters. The first-order valence-electron chi connectivity index (χ1n) is 9.63. The molecule has 0 saturated carbocycles. The van der Waals surface area contributed by atoms with E-state index in [9.17, 15) is 25.3 Å². The zero-order valence-corrected chi connectivity index (χ0v) is 19.5. The number of nitrogens with zero attached hydrogens (tertiary/aromatic N) is 2. The number of nitrogens with one attached hydrogen (secondary N) is 1. The lowest BCUT2D eigenvalue weighted by Crippen LogP contribution is -2.44. The highest BCUT2D eigenvalue weighted by molar-refractivity contribution is 6.74. The standard InChI is InChI=1S/C20H28N4O6Si/c1-12-7-9-15(24(28)29)17(19(12)30-31(5,6)20(2,3)4)22-11-13-8-10-14(23(26)27)16(21)18(13)25/h7-10,22,25H,11,21H2,1-6H3. The first-order chi connectivity index (χ1) is 14.2. The average molecular weight is 449 g/mol. The summed E-state index contributed by atoms with van der Waals surface area (Å²) in [5.74, 6) is -0.0564. The minimum absolute atomic E-state index is 0.0494. The van der Waals surface area contributed by atoms with Crippen molar-refractivity contribution in [2.24, 2.45) is 0 Å². The van der Waals surface area contributed by atoms with Crippen molar-refractivity contribution in [3.63, 3.8) is 0 Å². The zero-order chi connectivity index (χ0) is 23.7. The lowest BCUT2D eigenvalue weighted by Gasteiger charge is -2.37. The Bertz CT molecular complexity index is 1030. The minimum atomic E-state index is -2.32. The largest absolute Gasteiger partial charge is 0.542 e. The van der Waals surface area contributed by atoms with Crippen molar-refractivity contribution in [3.05, 3.63) is 55.6 Å². The topological polar surface area (TPSA) is 154 Å². The molecule has 0 heterocycles. The van der Waals surface area contributed by atoms with Crippen LogP contribution in [-0.4, -0.2) is 23.3 Å². The van der Waals surface area contributed by atoms with Crippen molar-refractivity contribution >= 4 is 31.1 Å². The fourth-order valence-electron chi connectivity index (χ4n) is 2.67. The van der Waals surface area contributed by atoms with Gasteiger partial charge < -0.3 is 20.6 Å². The predicted molar refractivity (Wildman–Crippen MR) is 122 cm³/mol. The van der Waals surface area contributed by atoms with E-state index in [1.807, 2.05) is 13.1 Å². The molecular formula is C20H28N4O6Si. The Morgan fingerprint density at radius 3 is 2.16 bits per heavy atom. The maximum absolute atomic E-state index is 11.7. The van der Waals surface area contributed by atoms with Gasteiger partial charge in [-0.15, -0.1) is 0 Å². The lowest BCUT2D eigenvalue weighted by molar-refractivity contribution is -0.384. The predicted octanol–water partition coefficient (Wildman–Crippen LogP) is 5.10. The number of aromatic hydroxyl groups is 1. The molecule has 2 aromatic carbocycles. The van der Waals surface area contributed by atoms with Crippen molar-refractivity contribution in [1.82, 2.24) is 0 Å². The molecule has 0 saturated heterocycles. The van der Waals surface area contributed by atoms with Crippen LogP contribution in [-0.2, 0) is 6.54 Å². The normalized spacial score (nSPS) is 11.8. The van der Waals surface area contributed by atoms with Crippen LogP contribution in [0.25, 0.3) is 0 Å². The van der Waals surface area contributed by atoms with Gasteiger partial charge in [0, 0.05) is 24.2 Å². The van der Waals surface area contributed by atoms with E-state index >= 15 is 0 Å². The molecule has 0 radical (unpaired) electrons. The third kappa shape index (κ3) is 4.88. The van der Waals surface area contributed by atoms with E-state index in [0.717, 1.165) is 5.56 Å². The monoisotopic (exact) mass is 448 g/mol. The van der Waals surface area contributed by atoms with E-state index in [1.165, 1.54) is 18.2 Å². The van der Waals surface area contributed by atoms with Crippen LogP contribution in [0.5, 0.6) is 11.5 Å². The minimum Gasteiger partial charge on any atom is -0.542 e. The molecule has 0 bridgehead atoms. The highest BCUT2D eigenvalue weighted by Crippen LogP contribution is 2.44. The molecule has 0 fully saturated rings. The molecule has 0 unspecified atom stereocenters. The molecule has 168 valence electrons. The number of nitrogens with two attached hydrogens (primary N) is 1. The van der Waals surface area contributed by atoms with E-state index in [0.29, 0.717) is 5.75 Å². The highest BCUT2D eigenvalue weighted by Gasteiger charge is 2.40. The van der Waals surface area contributed by atoms with E-state index < -0.39 is 29.6 Å². The number of nitro benzene ring substituents is 2. The van der Waals surface area contributed by atoms with Gasteiger partial charge in [-0.05, 0) is 42.8 Å². The van der Waals surface area contributed by atoms with Crippen LogP contribution in [0.15, 0.2) is 24.3 Å². The third-order valence-corrected chi connectivity index (χ3v) is 9.95. The summed E-state index contributed by atoms with van der Waals surface area (Å²) < 4.78 is 6.41. The summed E-state index contributed by atoms with van der Waals surface area (Å²) in [6, 6.07) is 5.56. The molecular weight excluding hydrogens is 420 g/mol. The van der Waals surface area contributed by atoms with Crippen LogP contribution in [0.4, 0.5) is 22.7 Å². The Morgan fingerprint density at radius 1 is 1.10 bits per heavy atom. The van der Waals surface area contributed by atoms with Crippen molar-refractivity contribution in [2.75, 3.05) is 11.1 Å². The number of rotatable bonds is 7. The number of aryl methyl sites for hydroxylation is 1. The van der Waals surface area contributed by atoms with Gasteiger partial charge in [0.25, 0.3) is 19.7 Å². The number of nitro groups is 2. The van der Waals surface area contributed by atoms with Gasteiger partial charge in [0.05, 0.1) is 9.85 Å². The summed E-state index contributed by atoms with van der Waals surface area (Å²) in [5.41, 5.74) is 5.90. The fraction of sp³-hybridized carbons (Fsp3) is 0.400. The highest BCUT2D eigenvalue weighted by atomic mass is 28.4. The van der Waals surface area contributed by atoms with Gasteiger partial charge in [-0.25, -0.2) is 0 Å². The summed E-state index contributed by atoms with van der Waals surface area (Å²) >= 11 is 0. The number of phenolic OH excluding ortho intramolecular Hbond substituents is 1. The SMILES string of the molecule is Cc1ccc([N+](=O)[O-])c(NCc2ccc([N+](=O)[O-])c(N)c2O)c1O[Si](C)(C)C(C)(C)C. The Balaban J connectivity index is 2.51. The number of phenols is 1.